The van der Waals surface area contributed by atoms with Gasteiger partial charge in [-0.25, -0.2) is 4.98 Å². The van der Waals surface area contributed by atoms with Crippen LogP contribution in [0.3, 0.4) is 0 Å². The molecule has 106 valence electrons. The van der Waals surface area contributed by atoms with Crippen molar-refractivity contribution in [1.82, 2.24) is 15.2 Å². The van der Waals surface area contributed by atoms with E-state index in [2.05, 4.69) is 36.4 Å². The van der Waals surface area contributed by atoms with Gasteiger partial charge in [0.05, 0.1) is 5.52 Å². The van der Waals surface area contributed by atoms with Crippen molar-refractivity contribution in [3.63, 3.8) is 0 Å². The smallest absolute Gasteiger partial charge is 0.222 e. The van der Waals surface area contributed by atoms with E-state index in [0.717, 1.165) is 26.5 Å². The Kier molecular flexibility index (Phi) is 3.34. The first-order valence-electron chi connectivity index (χ1n) is 6.21. The number of carbonyl (C=O) groups excluding carboxylic acids is 1. The Bertz CT molecular complexity index is 842. The van der Waals surface area contributed by atoms with Crippen molar-refractivity contribution in [2.45, 2.75) is 6.92 Å². The summed E-state index contributed by atoms with van der Waals surface area (Å²) in [4.78, 5) is 15.2. The van der Waals surface area contributed by atoms with Gasteiger partial charge in [-0.3, -0.25) is 9.89 Å². The third-order valence-corrected chi connectivity index (χ3v) is 3.68. The standard InChI is InChI=1S/C14H12BrN5O/c1-7(21)18-12-6-8(2-3-17-12)9-4-10-13(11(15)5-9)19-20-14(10)16/h2-6H,1H3,(H3,16,19,20)(H,17,18,21). The van der Waals surface area contributed by atoms with Gasteiger partial charge in [0.15, 0.2) is 5.82 Å². The van der Waals surface area contributed by atoms with Crippen molar-refractivity contribution in [1.29, 1.82) is 0 Å². The van der Waals surface area contributed by atoms with Crippen LogP contribution in [0.5, 0.6) is 0 Å². The maximum atomic E-state index is 11.1. The molecule has 0 saturated carbocycles. The van der Waals surface area contributed by atoms with E-state index < -0.39 is 0 Å². The van der Waals surface area contributed by atoms with Gasteiger partial charge in [0.1, 0.15) is 5.82 Å². The molecular weight excluding hydrogens is 334 g/mol. The molecule has 1 amide bonds. The topological polar surface area (TPSA) is 96.7 Å². The molecule has 0 fully saturated rings. The number of carbonyl (C=O) groups is 1. The van der Waals surface area contributed by atoms with Gasteiger partial charge in [-0.1, -0.05) is 0 Å². The number of nitrogen functional groups attached to an aromatic ring is 1. The fraction of sp³-hybridized carbons (Fsp3) is 0.0714. The molecule has 7 heteroatoms. The van der Waals surface area contributed by atoms with Gasteiger partial charge < -0.3 is 11.1 Å². The molecule has 1 aromatic carbocycles. The molecular formula is C14H12BrN5O. The van der Waals surface area contributed by atoms with E-state index in [1.54, 1.807) is 6.20 Å². The van der Waals surface area contributed by atoms with Gasteiger partial charge in [0.2, 0.25) is 5.91 Å². The number of amides is 1. The van der Waals surface area contributed by atoms with E-state index in [-0.39, 0.29) is 5.91 Å². The second-order valence-electron chi connectivity index (χ2n) is 4.60. The van der Waals surface area contributed by atoms with Crippen LogP contribution in [0.4, 0.5) is 11.6 Å². The maximum Gasteiger partial charge on any atom is 0.222 e. The SMILES string of the molecule is CC(=O)Nc1cc(-c2cc(Br)c3[nH]nc(N)c3c2)ccn1. The van der Waals surface area contributed by atoms with Crippen LogP contribution >= 0.6 is 15.9 Å². The average Bonchev–Trinajstić information content (AvgIpc) is 2.81. The Morgan fingerprint density at radius 3 is 2.90 bits per heavy atom. The third-order valence-electron chi connectivity index (χ3n) is 3.05. The predicted molar refractivity (Wildman–Crippen MR) is 85.7 cm³/mol. The molecule has 3 rings (SSSR count). The first-order chi connectivity index (χ1) is 10.0. The number of rotatable bonds is 2. The van der Waals surface area contributed by atoms with Crippen LogP contribution in [-0.2, 0) is 4.79 Å². The molecule has 0 aliphatic rings. The number of fused-ring (bicyclic) bond motifs is 1. The van der Waals surface area contributed by atoms with Crippen LogP contribution in [0, 0.1) is 0 Å². The number of nitrogens with two attached hydrogens (primary N) is 1. The van der Waals surface area contributed by atoms with E-state index in [1.165, 1.54) is 6.92 Å². The van der Waals surface area contributed by atoms with Crippen LogP contribution in [0.25, 0.3) is 22.0 Å². The van der Waals surface area contributed by atoms with E-state index in [4.69, 9.17) is 5.73 Å². The highest BCUT2D eigenvalue weighted by atomic mass is 79.9. The fourth-order valence-electron chi connectivity index (χ4n) is 2.12. The number of benzene rings is 1. The Hall–Kier alpha value is -2.41. The highest BCUT2D eigenvalue weighted by Crippen LogP contribution is 2.32. The second kappa shape index (κ2) is 5.17. The van der Waals surface area contributed by atoms with Crippen molar-refractivity contribution in [2.24, 2.45) is 0 Å². The van der Waals surface area contributed by atoms with Gasteiger partial charge in [-0.15, -0.1) is 0 Å². The molecule has 0 spiro atoms. The van der Waals surface area contributed by atoms with E-state index in [9.17, 15) is 4.79 Å². The molecule has 3 aromatic rings. The van der Waals surface area contributed by atoms with Gasteiger partial charge in [-0.05, 0) is 51.3 Å². The number of hydrogen-bond acceptors (Lipinski definition) is 4. The minimum atomic E-state index is -0.157. The lowest BCUT2D eigenvalue weighted by atomic mass is 10.0. The first-order valence-corrected chi connectivity index (χ1v) is 7.01. The highest BCUT2D eigenvalue weighted by molar-refractivity contribution is 9.10. The first kappa shape index (κ1) is 13.6. The summed E-state index contributed by atoms with van der Waals surface area (Å²) in [5, 5.41) is 10.4. The molecule has 2 heterocycles. The van der Waals surface area contributed by atoms with Crippen molar-refractivity contribution in [2.75, 3.05) is 11.1 Å². The zero-order valence-electron chi connectivity index (χ0n) is 11.1. The van der Waals surface area contributed by atoms with E-state index in [0.29, 0.717) is 11.6 Å². The Balaban J connectivity index is 2.11. The molecule has 0 unspecified atom stereocenters. The molecule has 0 radical (unpaired) electrons. The van der Waals surface area contributed by atoms with Crippen LogP contribution in [0.15, 0.2) is 34.9 Å². The minimum absolute atomic E-state index is 0.157. The summed E-state index contributed by atoms with van der Waals surface area (Å²) < 4.78 is 0.872. The van der Waals surface area contributed by atoms with E-state index >= 15 is 0 Å². The Morgan fingerprint density at radius 1 is 1.33 bits per heavy atom. The fourth-order valence-corrected chi connectivity index (χ4v) is 2.67. The van der Waals surface area contributed by atoms with Gasteiger partial charge in [0, 0.05) is 23.0 Å². The van der Waals surface area contributed by atoms with Crippen LogP contribution in [0.2, 0.25) is 0 Å². The molecule has 2 aromatic heterocycles. The maximum absolute atomic E-state index is 11.1. The van der Waals surface area contributed by atoms with Crippen molar-refractivity contribution in [3.05, 3.63) is 34.9 Å². The highest BCUT2D eigenvalue weighted by Gasteiger charge is 2.10. The number of nitrogens with one attached hydrogen (secondary N) is 2. The number of pyridine rings is 1. The number of anilines is 2. The van der Waals surface area contributed by atoms with Gasteiger partial charge in [0.25, 0.3) is 0 Å². The summed E-state index contributed by atoms with van der Waals surface area (Å²) in [5.41, 5.74) is 8.59. The third kappa shape index (κ3) is 2.59. The molecule has 0 aliphatic carbocycles. The predicted octanol–water partition coefficient (Wildman–Crippen LogP) is 2.93. The monoisotopic (exact) mass is 345 g/mol. The summed E-state index contributed by atoms with van der Waals surface area (Å²) in [6.07, 6.45) is 1.65. The molecule has 0 aliphatic heterocycles. The zero-order chi connectivity index (χ0) is 15.0. The molecule has 6 nitrogen and oxygen atoms in total. The van der Waals surface area contributed by atoms with Crippen molar-refractivity contribution >= 4 is 44.4 Å². The summed E-state index contributed by atoms with van der Waals surface area (Å²) >= 11 is 3.50. The van der Waals surface area contributed by atoms with Crippen molar-refractivity contribution in [3.8, 4) is 11.1 Å². The largest absolute Gasteiger partial charge is 0.382 e. The van der Waals surface area contributed by atoms with E-state index in [1.807, 2.05) is 24.3 Å². The summed E-state index contributed by atoms with van der Waals surface area (Å²) in [5.74, 6) is 0.801. The van der Waals surface area contributed by atoms with Crippen LogP contribution in [0.1, 0.15) is 6.92 Å². The Labute approximate surface area is 128 Å². The number of nitrogens with zero attached hydrogens (tertiary/aromatic N) is 2. The van der Waals surface area contributed by atoms with Crippen LogP contribution < -0.4 is 11.1 Å². The number of aromatic nitrogens is 3. The molecule has 4 N–H and O–H groups in total. The molecule has 0 bridgehead atoms. The number of hydrogen-bond donors (Lipinski definition) is 3. The number of H-pyrrole nitrogens is 1. The van der Waals surface area contributed by atoms with Crippen molar-refractivity contribution < 1.29 is 4.79 Å². The molecule has 0 atom stereocenters. The normalized spacial score (nSPS) is 10.8. The quantitative estimate of drug-likeness (QED) is 0.665. The number of aromatic amines is 1. The molecule has 21 heavy (non-hydrogen) atoms. The van der Waals surface area contributed by atoms with Crippen LogP contribution in [-0.4, -0.2) is 21.1 Å². The average molecular weight is 346 g/mol. The molecule has 0 saturated heterocycles. The lowest BCUT2D eigenvalue weighted by molar-refractivity contribution is -0.114. The summed E-state index contributed by atoms with van der Waals surface area (Å²) in [6.45, 7) is 1.45. The van der Waals surface area contributed by atoms with Gasteiger partial charge in [-0.2, -0.15) is 5.10 Å². The lowest BCUT2D eigenvalue weighted by Crippen LogP contribution is -2.07. The lowest BCUT2D eigenvalue weighted by Gasteiger charge is -2.06. The summed E-state index contributed by atoms with van der Waals surface area (Å²) in [7, 11) is 0. The summed E-state index contributed by atoms with van der Waals surface area (Å²) in [6, 6.07) is 7.60. The second-order valence-corrected chi connectivity index (χ2v) is 5.45. The number of halogens is 1. The zero-order valence-corrected chi connectivity index (χ0v) is 12.7. The minimum Gasteiger partial charge on any atom is -0.382 e. The van der Waals surface area contributed by atoms with Gasteiger partial charge >= 0.3 is 0 Å². The Morgan fingerprint density at radius 2 is 2.14 bits per heavy atom.